The van der Waals surface area contributed by atoms with Gasteiger partial charge in [-0.3, -0.25) is 0 Å². The van der Waals surface area contributed by atoms with Gasteiger partial charge in [0.05, 0.1) is 13.4 Å². The molecule has 1 aromatic carbocycles. The minimum absolute atomic E-state index is 0.762. The maximum Gasteiger partial charge on any atom is 0.126 e. The van der Waals surface area contributed by atoms with Gasteiger partial charge in [-0.25, -0.2) is 0 Å². The van der Waals surface area contributed by atoms with Crippen molar-refractivity contribution >= 4 is 6.08 Å². The predicted octanol–water partition coefficient (Wildman–Crippen LogP) is 2.22. The Kier molecular flexibility index (Phi) is 2.55. The molecule has 0 saturated carbocycles. The van der Waals surface area contributed by atoms with Crippen molar-refractivity contribution in [2.45, 2.75) is 0 Å². The molecule has 2 nitrogen and oxygen atoms in total. The first-order valence-corrected chi connectivity index (χ1v) is 3.32. The molecule has 0 atom stereocenters. The van der Waals surface area contributed by atoms with Crippen molar-refractivity contribution in [2.75, 3.05) is 7.11 Å². The molecule has 1 rings (SSSR count). The Balaban J connectivity index is 3.02. The fourth-order valence-corrected chi connectivity index (χ4v) is 0.884. The molecule has 1 aromatic rings. The molecule has 0 aliphatic carbocycles. The van der Waals surface area contributed by atoms with Gasteiger partial charge in [0, 0.05) is 5.56 Å². The molecule has 0 bridgehead atoms. The fraction of sp³-hybridized carbons (Fsp3) is 0.111. The number of ether oxygens (including phenoxy) is 1. The zero-order valence-corrected chi connectivity index (χ0v) is 6.32. The number of methoxy groups -OCH3 is 1. The Morgan fingerprint density at radius 1 is 1.36 bits per heavy atom. The van der Waals surface area contributed by atoms with E-state index in [4.69, 9.17) is 9.84 Å². The van der Waals surface area contributed by atoms with Crippen LogP contribution in [0.4, 0.5) is 0 Å². The lowest BCUT2D eigenvalue weighted by Crippen LogP contribution is -1.84. The summed E-state index contributed by atoms with van der Waals surface area (Å²) in [5.74, 6) is 0.762. The number of hydrogen-bond acceptors (Lipinski definition) is 2. The van der Waals surface area contributed by atoms with E-state index >= 15 is 0 Å². The SMILES string of the molecule is COc1ccccc1/C=C/O. The van der Waals surface area contributed by atoms with Crippen LogP contribution in [0, 0.1) is 0 Å². The van der Waals surface area contributed by atoms with Gasteiger partial charge in [0.25, 0.3) is 0 Å². The number of hydrogen-bond donors (Lipinski definition) is 1. The van der Waals surface area contributed by atoms with E-state index in [1.807, 2.05) is 24.3 Å². The minimum atomic E-state index is 0.762. The van der Waals surface area contributed by atoms with Crippen LogP contribution in [-0.2, 0) is 0 Å². The average Bonchev–Trinajstić information content (AvgIpc) is 2.06. The van der Waals surface area contributed by atoms with Crippen molar-refractivity contribution in [2.24, 2.45) is 0 Å². The molecule has 58 valence electrons. The third kappa shape index (κ3) is 1.74. The van der Waals surface area contributed by atoms with Gasteiger partial charge < -0.3 is 9.84 Å². The van der Waals surface area contributed by atoms with Crippen molar-refractivity contribution < 1.29 is 9.84 Å². The van der Waals surface area contributed by atoms with Crippen LogP contribution in [0.5, 0.6) is 5.75 Å². The number of aliphatic hydroxyl groups excluding tert-OH is 1. The van der Waals surface area contributed by atoms with E-state index in [1.165, 1.54) is 0 Å². The van der Waals surface area contributed by atoms with Gasteiger partial charge >= 0.3 is 0 Å². The third-order valence-electron chi connectivity index (χ3n) is 1.39. The van der Waals surface area contributed by atoms with E-state index in [1.54, 1.807) is 13.2 Å². The van der Waals surface area contributed by atoms with Gasteiger partial charge in [0.15, 0.2) is 0 Å². The summed E-state index contributed by atoms with van der Waals surface area (Å²) in [5.41, 5.74) is 0.873. The summed E-state index contributed by atoms with van der Waals surface area (Å²) in [5, 5.41) is 8.50. The van der Waals surface area contributed by atoms with Gasteiger partial charge in [-0.2, -0.15) is 0 Å². The Morgan fingerprint density at radius 3 is 2.73 bits per heavy atom. The van der Waals surface area contributed by atoms with Crippen molar-refractivity contribution in [3.05, 3.63) is 36.1 Å². The van der Waals surface area contributed by atoms with Crippen LogP contribution in [0.25, 0.3) is 6.08 Å². The Labute approximate surface area is 65.7 Å². The lowest BCUT2D eigenvalue weighted by Gasteiger charge is -2.01. The molecule has 0 fully saturated rings. The highest BCUT2D eigenvalue weighted by Gasteiger charge is 1.94. The summed E-state index contributed by atoms with van der Waals surface area (Å²) in [7, 11) is 1.60. The molecule has 0 saturated heterocycles. The highest BCUT2D eigenvalue weighted by molar-refractivity contribution is 5.56. The van der Waals surface area contributed by atoms with Gasteiger partial charge in [0.2, 0.25) is 0 Å². The third-order valence-corrected chi connectivity index (χ3v) is 1.39. The normalized spacial score (nSPS) is 10.3. The first-order chi connectivity index (χ1) is 5.38. The number of benzene rings is 1. The van der Waals surface area contributed by atoms with Crippen molar-refractivity contribution in [3.8, 4) is 5.75 Å². The lowest BCUT2D eigenvalue weighted by atomic mass is 10.2. The second-order valence-corrected chi connectivity index (χ2v) is 2.06. The van der Waals surface area contributed by atoms with Gasteiger partial charge in [-0.05, 0) is 12.1 Å². The summed E-state index contributed by atoms with van der Waals surface area (Å²) in [6, 6.07) is 7.48. The zero-order chi connectivity index (χ0) is 8.10. The smallest absolute Gasteiger partial charge is 0.126 e. The summed E-state index contributed by atoms with van der Waals surface area (Å²) in [6.45, 7) is 0. The van der Waals surface area contributed by atoms with E-state index in [0.29, 0.717) is 0 Å². The van der Waals surface area contributed by atoms with Gasteiger partial charge in [-0.1, -0.05) is 18.2 Å². The first-order valence-electron chi connectivity index (χ1n) is 3.32. The lowest BCUT2D eigenvalue weighted by molar-refractivity contribution is 0.413. The van der Waals surface area contributed by atoms with E-state index in [0.717, 1.165) is 17.6 Å². The monoisotopic (exact) mass is 150 g/mol. The van der Waals surface area contributed by atoms with Crippen LogP contribution in [0.3, 0.4) is 0 Å². The molecule has 0 aromatic heterocycles. The molecule has 2 heteroatoms. The van der Waals surface area contributed by atoms with Crippen molar-refractivity contribution in [3.63, 3.8) is 0 Å². The molecule has 0 aliphatic heterocycles. The van der Waals surface area contributed by atoms with E-state index in [9.17, 15) is 0 Å². The van der Waals surface area contributed by atoms with E-state index in [-0.39, 0.29) is 0 Å². The standard InChI is InChI=1S/C9H10O2/c1-11-9-5-3-2-4-8(9)6-7-10/h2-7,10H,1H3/b7-6+. The maximum atomic E-state index is 8.50. The summed E-state index contributed by atoms with van der Waals surface area (Å²) in [6.07, 6.45) is 2.58. The quantitative estimate of drug-likeness (QED) is 0.655. The molecule has 0 radical (unpaired) electrons. The summed E-state index contributed by atoms with van der Waals surface area (Å²) < 4.78 is 5.04. The van der Waals surface area contributed by atoms with Crippen LogP contribution >= 0.6 is 0 Å². The fourth-order valence-electron chi connectivity index (χ4n) is 0.884. The van der Waals surface area contributed by atoms with Gasteiger partial charge in [-0.15, -0.1) is 0 Å². The highest BCUT2D eigenvalue weighted by Crippen LogP contribution is 2.17. The molecule has 0 aliphatic rings. The minimum Gasteiger partial charge on any atom is -0.516 e. The Hall–Kier alpha value is -1.44. The van der Waals surface area contributed by atoms with Crippen LogP contribution in [-0.4, -0.2) is 12.2 Å². The molecule has 0 spiro atoms. The number of para-hydroxylation sites is 1. The average molecular weight is 150 g/mol. The molecule has 0 amide bonds. The van der Waals surface area contributed by atoms with Crippen LogP contribution < -0.4 is 4.74 Å². The molecular weight excluding hydrogens is 140 g/mol. The van der Waals surface area contributed by atoms with Crippen LogP contribution in [0.15, 0.2) is 30.5 Å². The molecule has 0 unspecified atom stereocenters. The van der Waals surface area contributed by atoms with Crippen LogP contribution in [0.2, 0.25) is 0 Å². The van der Waals surface area contributed by atoms with E-state index in [2.05, 4.69) is 0 Å². The zero-order valence-electron chi connectivity index (χ0n) is 6.32. The van der Waals surface area contributed by atoms with Gasteiger partial charge in [0.1, 0.15) is 5.75 Å². The molecule has 1 N–H and O–H groups in total. The molecule has 0 heterocycles. The van der Waals surface area contributed by atoms with Crippen molar-refractivity contribution in [1.82, 2.24) is 0 Å². The Morgan fingerprint density at radius 2 is 2.09 bits per heavy atom. The van der Waals surface area contributed by atoms with Crippen molar-refractivity contribution in [1.29, 1.82) is 0 Å². The van der Waals surface area contributed by atoms with Crippen LogP contribution in [0.1, 0.15) is 5.56 Å². The summed E-state index contributed by atoms with van der Waals surface area (Å²) >= 11 is 0. The highest BCUT2D eigenvalue weighted by atomic mass is 16.5. The topological polar surface area (TPSA) is 29.5 Å². The Bertz CT molecular complexity index is 253. The molecular formula is C9H10O2. The first kappa shape index (κ1) is 7.66. The number of rotatable bonds is 2. The predicted molar refractivity (Wildman–Crippen MR) is 44.7 cm³/mol. The molecule has 11 heavy (non-hydrogen) atoms. The summed E-state index contributed by atoms with van der Waals surface area (Å²) in [4.78, 5) is 0. The maximum absolute atomic E-state index is 8.50. The number of aliphatic hydroxyl groups is 1. The largest absolute Gasteiger partial charge is 0.516 e. The second-order valence-electron chi connectivity index (χ2n) is 2.06. The second kappa shape index (κ2) is 3.66. The van der Waals surface area contributed by atoms with E-state index < -0.39 is 0 Å².